The average Bonchev–Trinajstić information content (AvgIpc) is 2.43. The lowest BCUT2D eigenvalue weighted by atomic mass is 9.97. The molecule has 0 aromatic heterocycles. The van der Waals surface area contributed by atoms with Crippen molar-refractivity contribution in [1.82, 2.24) is 5.32 Å². The van der Waals surface area contributed by atoms with Gasteiger partial charge in [0.05, 0.1) is 0 Å². The molecule has 0 unspecified atom stereocenters. The van der Waals surface area contributed by atoms with Gasteiger partial charge in [-0.3, -0.25) is 0 Å². The minimum absolute atomic E-state index is 0.673. The van der Waals surface area contributed by atoms with E-state index >= 15 is 0 Å². The Morgan fingerprint density at radius 1 is 1.35 bits per heavy atom. The van der Waals surface area contributed by atoms with E-state index in [0.29, 0.717) is 5.11 Å². The molecule has 1 aliphatic carbocycles. The van der Waals surface area contributed by atoms with E-state index in [1.807, 2.05) is 25.1 Å². The molecule has 1 aliphatic rings. The summed E-state index contributed by atoms with van der Waals surface area (Å²) in [6, 6.07) is 5.75. The van der Waals surface area contributed by atoms with Crippen molar-refractivity contribution < 1.29 is 0 Å². The Labute approximate surface area is 131 Å². The summed E-state index contributed by atoms with van der Waals surface area (Å²) in [5.74, 6) is 0. The number of hydrogen-bond acceptors (Lipinski definition) is 1. The van der Waals surface area contributed by atoms with E-state index in [9.17, 15) is 0 Å². The largest absolute Gasteiger partial charge is 0.362 e. The van der Waals surface area contributed by atoms with Crippen LogP contribution in [0.5, 0.6) is 0 Å². The van der Waals surface area contributed by atoms with Crippen LogP contribution in [-0.2, 0) is 0 Å². The Balaban J connectivity index is 1.76. The van der Waals surface area contributed by atoms with Crippen molar-refractivity contribution in [3.05, 3.63) is 40.4 Å². The maximum Gasteiger partial charge on any atom is 0.170 e. The van der Waals surface area contributed by atoms with Gasteiger partial charge in [-0.05, 0) is 75.0 Å². The van der Waals surface area contributed by atoms with E-state index < -0.39 is 0 Å². The summed E-state index contributed by atoms with van der Waals surface area (Å²) in [6.45, 7) is 2.91. The van der Waals surface area contributed by atoms with Gasteiger partial charge in [0.1, 0.15) is 0 Å². The highest BCUT2D eigenvalue weighted by molar-refractivity contribution is 7.80. The van der Waals surface area contributed by atoms with Crippen LogP contribution in [0.2, 0.25) is 5.02 Å². The number of benzene rings is 1. The van der Waals surface area contributed by atoms with Crippen molar-refractivity contribution in [2.45, 2.75) is 39.0 Å². The molecule has 2 N–H and O–H groups in total. The Kier molecular flexibility index (Phi) is 5.86. The first kappa shape index (κ1) is 15.3. The number of allylic oxidation sites excluding steroid dienone is 1. The summed E-state index contributed by atoms with van der Waals surface area (Å²) in [5.41, 5.74) is 3.66. The molecule has 108 valence electrons. The summed E-state index contributed by atoms with van der Waals surface area (Å²) in [4.78, 5) is 0. The third-order valence-corrected chi connectivity index (χ3v) is 4.03. The molecule has 0 fully saturated rings. The van der Waals surface area contributed by atoms with Gasteiger partial charge in [0, 0.05) is 17.3 Å². The Morgan fingerprint density at radius 3 is 2.90 bits per heavy atom. The van der Waals surface area contributed by atoms with Crippen LogP contribution in [0.1, 0.15) is 37.7 Å². The zero-order valence-electron chi connectivity index (χ0n) is 11.8. The zero-order valence-corrected chi connectivity index (χ0v) is 13.4. The SMILES string of the molecule is Cc1cc(Cl)ccc1NC(=S)NCCC1=CCCCC1. The Morgan fingerprint density at radius 2 is 2.20 bits per heavy atom. The molecule has 0 amide bonds. The maximum atomic E-state index is 5.94. The van der Waals surface area contributed by atoms with Crippen molar-refractivity contribution in [3.63, 3.8) is 0 Å². The standard InChI is InChI=1S/C16H21ClN2S/c1-12-11-14(17)7-8-15(12)19-16(20)18-10-9-13-5-3-2-4-6-13/h5,7-8,11H,2-4,6,9-10H2,1H3,(H2,18,19,20). The van der Waals surface area contributed by atoms with Crippen molar-refractivity contribution in [1.29, 1.82) is 0 Å². The summed E-state index contributed by atoms with van der Waals surface area (Å²) in [5, 5.41) is 7.90. The second-order valence-corrected chi connectivity index (χ2v) is 6.04. The van der Waals surface area contributed by atoms with Crippen LogP contribution in [0, 0.1) is 6.92 Å². The van der Waals surface area contributed by atoms with E-state index in [1.165, 1.54) is 25.7 Å². The first-order valence-electron chi connectivity index (χ1n) is 7.14. The maximum absolute atomic E-state index is 5.94. The number of thiocarbonyl (C=S) groups is 1. The highest BCUT2D eigenvalue weighted by atomic mass is 35.5. The number of rotatable bonds is 4. The molecule has 0 bridgehead atoms. The van der Waals surface area contributed by atoms with Crippen LogP contribution in [0.15, 0.2) is 29.8 Å². The third kappa shape index (κ3) is 4.80. The Hall–Kier alpha value is -1.06. The minimum atomic E-state index is 0.673. The summed E-state index contributed by atoms with van der Waals surface area (Å²) < 4.78 is 0. The van der Waals surface area contributed by atoms with Gasteiger partial charge in [-0.15, -0.1) is 0 Å². The summed E-state index contributed by atoms with van der Waals surface area (Å²) in [7, 11) is 0. The average molecular weight is 309 g/mol. The lowest BCUT2D eigenvalue weighted by Crippen LogP contribution is -2.29. The predicted molar refractivity (Wildman–Crippen MR) is 91.6 cm³/mol. The molecular weight excluding hydrogens is 288 g/mol. The number of halogens is 1. The highest BCUT2D eigenvalue weighted by Gasteiger charge is 2.05. The van der Waals surface area contributed by atoms with E-state index in [-0.39, 0.29) is 0 Å². The van der Waals surface area contributed by atoms with Gasteiger partial charge in [0.2, 0.25) is 0 Å². The quantitative estimate of drug-likeness (QED) is 0.615. The van der Waals surface area contributed by atoms with Crippen molar-refractivity contribution in [3.8, 4) is 0 Å². The molecule has 0 aliphatic heterocycles. The molecule has 1 aromatic carbocycles. The van der Waals surface area contributed by atoms with Crippen LogP contribution < -0.4 is 10.6 Å². The van der Waals surface area contributed by atoms with Crippen LogP contribution in [0.4, 0.5) is 5.69 Å². The van der Waals surface area contributed by atoms with Crippen molar-refractivity contribution in [2.24, 2.45) is 0 Å². The first-order chi connectivity index (χ1) is 9.65. The highest BCUT2D eigenvalue weighted by Crippen LogP contribution is 2.20. The smallest absolute Gasteiger partial charge is 0.170 e. The topological polar surface area (TPSA) is 24.1 Å². The predicted octanol–water partition coefficient (Wildman–Crippen LogP) is 4.83. The zero-order chi connectivity index (χ0) is 14.4. The van der Waals surface area contributed by atoms with Gasteiger partial charge >= 0.3 is 0 Å². The van der Waals surface area contributed by atoms with Crippen molar-refractivity contribution in [2.75, 3.05) is 11.9 Å². The molecule has 0 saturated carbocycles. The molecule has 0 heterocycles. The molecule has 2 rings (SSSR count). The van der Waals surface area contributed by atoms with Gasteiger partial charge in [-0.2, -0.15) is 0 Å². The second-order valence-electron chi connectivity index (χ2n) is 5.20. The van der Waals surface area contributed by atoms with Gasteiger partial charge in [0.25, 0.3) is 0 Å². The molecule has 1 aromatic rings. The molecular formula is C16H21ClN2S. The van der Waals surface area contributed by atoms with E-state index in [4.69, 9.17) is 23.8 Å². The number of anilines is 1. The fraction of sp³-hybridized carbons (Fsp3) is 0.438. The monoisotopic (exact) mass is 308 g/mol. The van der Waals surface area contributed by atoms with Gasteiger partial charge < -0.3 is 10.6 Å². The van der Waals surface area contributed by atoms with Gasteiger partial charge in [0.15, 0.2) is 5.11 Å². The molecule has 0 radical (unpaired) electrons. The van der Waals surface area contributed by atoms with Gasteiger partial charge in [-0.1, -0.05) is 23.3 Å². The lowest BCUT2D eigenvalue weighted by molar-refractivity contribution is 0.669. The fourth-order valence-electron chi connectivity index (χ4n) is 2.40. The van der Waals surface area contributed by atoms with E-state index in [1.54, 1.807) is 5.57 Å². The number of hydrogen-bond donors (Lipinski definition) is 2. The minimum Gasteiger partial charge on any atom is -0.362 e. The second kappa shape index (κ2) is 7.65. The normalized spacial score (nSPS) is 14.6. The number of nitrogens with one attached hydrogen (secondary N) is 2. The first-order valence-corrected chi connectivity index (χ1v) is 7.92. The molecule has 4 heteroatoms. The third-order valence-electron chi connectivity index (χ3n) is 3.55. The molecule has 0 saturated heterocycles. The Bertz CT molecular complexity index is 511. The van der Waals surface area contributed by atoms with E-state index in [2.05, 4.69) is 16.7 Å². The number of aryl methyl sites for hydroxylation is 1. The lowest BCUT2D eigenvalue weighted by Gasteiger charge is -2.15. The van der Waals surface area contributed by atoms with Crippen LogP contribution in [0.3, 0.4) is 0 Å². The molecule has 2 nitrogen and oxygen atoms in total. The van der Waals surface area contributed by atoms with Crippen LogP contribution in [-0.4, -0.2) is 11.7 Å². The molecule has 0 atom stereocenters. The fourth-order valence-corrected chi connectivity index (χ4v) is 2.84. The summed E-state index contributed by atoms with van der Waals surface area (Å²) >= 11 is 11.3. The van der Waals surface area contributed by atoms with Crippen LogP contribution in [0.25, 0.3) is 0 Å². The van der Waals surface area contributed by atoms with Gasteiger partial charge in [-0.25, -0.2) is 0 Å². The van der Waals surface area contributed by atoms with Crippen molar-refractivity contribution >= 4 is 34.6 Å². The molecule has 20 heavy (non-hydrogen) atoms. The summed E-state index contributed by atoms with van der Waals surface area (Å²) in [6.07, 6.45) is 8.62. The van der Waals surface area contributed by atoms with Crippen LogP contribution >= 0.6 is 23.8 Å². The van der Waals surface area contributed by atoms with E-state index in [0.717, 1.165) is 29.2 Å². The molecule has 0 spiro atoms.